The van der Waals surface area contributed by atoms with Crippen molar-refractivity contribution in [2.75, 3.05) is 19.8 Å². The summed E-state index contributed by atoms with van der Waals surface area (Å²) in [6.07, 6.45) is 1.01. The van der Waals surface area contributed by atoms with Gasteiger partial charge in [0, 0.05) is 18.7 Å². The molecule has 1 aliphatic heterocycles. The van der Waals surface area contributed by atoms with Gasteiger partial charge < -0.3 is 19.9 Å². The van der Waals surface area contributed by atoms with Crippen LogP contribution in [0.5, 0.6) is 5.75 Å². The van der Waals surface area contributed by atoms with Crippen molar-refractivity contribution >= 4 is 5.91 Å². The first-order valence-electron chi connectivity index (χ1n) is 8.78. The van der Waals surface area contributed by atoms with Crippen molar-refractivity contribution < 1.29 is 28.2 Å². The molecule has 0 bridgehead atoms. The molecule has 1 aliphatic rings. The zero-order valence-corrected chi connectivity index (χ0v) is 14.7. The number of hydrogen-bond acceptors (Lipinski definition) is 4. The summed E-state index contributed by atoms with van der Waals surface area (Å²) in [5.41, 5.74) is 0.587. The maximum absolute atomic E-state index is 13.2. The number of amides is 1. The molecule has 1 heterocycles. The topological polar surface area (TPSA) is 67.8 Å². The second-order valence-electron chi connectivity index (χ2n) is 6.37. The molecule has 2 N–H and O–H groups in total. The normalized spacial score (nSPS) is 17.5. The van der Waals surface area contributed by atoms with E-state index >= 15 is 0 Å². The van der Waals surface area contributed by atoms with Crippen LogP contribution in [-0.4, -0.2) is 36.9 Å². The highest BCUT2D eigenvalue weighted by Gasteiger charge is 2.16. The third-order valence-corrected chi connectivity index (χ3v) is 4.36. The summed E-state index contributed by atoms with van der Waals surface area (Å²) in [5.74, 6) is -1.78. The lowest BCUT2D eigenvalue weighted by atomic mass is 10.1. The lowest BCUT2D eigenvalue weighted by molar-refractivity contribution is 0.0679. The maximum atomic E-state index is 13.2. The summed E-state index contributed by atoms with van der Waals surface area (Å²) in [7, 11) is 0. The Balaban J connectivity index is 1.49. The van der Waals surface area contributed by atoms with Crippen LogP contribution in [-0.2, 0) is 4.74 Å². The molecule has 2 unspecified atom stereocenters. The fourth-order valence-electron chi connectivity index (χ4n) is 2.80. The molecule has 0 spiro atoms. The second kappa shape index (κ2) is 8.92. The summed E-state index contributed by atoms with van der Waals surface area (Å²) >= 11 is 0. The van der Waals surface area contributed by atoms with E-state index in [0.29, 0.717) is 17.9 Å². The van der Waals surface area contributed by atoms with Crippen molar-refractivity contribution in [3.63, 3.8) is 0 Å². The molecule has 2 aromatic carbocycles. The molecule has 0 radical (unpaired) electrons. The largest absolute Gasteiger partial charge is 0.491 e. The maximum Gasteiger partial charge on any atom is 0.251 e. The minimum Gasteiger partial charge on any atom is -0.491 e. The molecule has 7 heteroatoms. The predicted molar refractivity (Wildman–Crippen MR) is 94.6 cm³/mol. The third kappa shape index (κ3) is 5.24. The third-order valence-electron chi connectivity index (χ3n) is 4.36. The summed E-state index contributed by atoms with van der Waals surface area (Å²) in [4.78, 5) is 12.2. The molecule has 0 aromatic heterocycles. The molecule has 0 aliphatic carbocycles. The Hall–Kier alpha value is -2.51. The monoisotopic (exact) mass is 377 g/mol. The Kier molecular flexibility index (Phi) is 6.36. The van der Waals surface area contributed by atoms with E-state index in [9.17, 15) is 18.7 Å². The van der Waals surface area contributed by atoms with E-state index in [0.717, 1.165) is 31.6 Å². The number of carbonyl (C=O) groups excluding carboxylic acids is 1. The van der Waals surface area contributed by atoms with Crippen molar-refractivity contribution in [3.8, 4) is 5.75 Å². The molecule has 144 valence electrons. The number of aliphatic hydroxyl groups is 1. The Morgan fingerprint density at radius 3 is 2.67 bits per heavy atom. The van der Waals surface area contributed by atoms with Gasteiger partial charge in [0.05, 0.1) is 12.2 Å². The van der Waals surface area contributed by atoms with E-state index in [2.05, 4.69) is 5.32 Å². The van der Waals surface area contributed by atoms with E-state index < -0.39 is 17.7 Å². The van der Waals surface area contributed by atoms with Gasteiger partial charge in [0.25, 0.3) is 5.91 Å². The van der Waals surface area contributed by atoms with Crippen LogP contribution in [0.3, 0.4) is 0 Å². The Morgan fingerprint density at radius 2 is 2.00 bits per heavy atom. The van der Waals surface area contributed by atoms with Gasteiger partial charge in [0.15, 0.2) is 11.6 Å². The average molecular weight is 377 g/mol. The van der Waals surface area contributed by atoms with Gasteiger partial charge in [0.1, 0.15) is 12.4 Å². The molecule has 27 heavy (non-hydrogen) atoms. The van der Waals surface area contributed by atoms with Gasteiger partial charge in [-0.2, -0.15) is 0 Å². The molecule has 5 nitrogen and oxygen atoms in total. The highest BCUT2D eigenvalue weighted by Crippen LogP contribution is 2.18. The summed E-state index contributed by atoms with van der Waals surface area (Å²) < 4.78 is 37.3. The fourth-order valence-corrected chi connectivity index (χ4v) is 2.80. The highest BCUT2D eigenvalue weighted by atomic mass is 19.2. The number of rotatable bonds is 7. The molecular formula is C20H21F2NO4. The number of benzene rings is 2. The van der Waals surface area contributed by atoms with Crippen molar-refractivity contribution in [3.05, 3.63) is 65.2 Å². The van der Waals surface area contributed by atoms with Gasteiger partial charge in [0.2, 0.25) is 0 Å². The molecular weight excluding hydrogens is 356 g/mol. The van der Waals surface area contributed by atoms with E-state index in [1.54, 1.807) is 24.3 Å². The number of hydrogen-bond donors (Lipinski definition) is 2. The number of ether oxygens (including phenoxy) is 2. The molecule has 3 rings (SSSR count). The minimum atomic E-state index is -1.14. The lowest BCUT2D eigenvalue weighted by Gasteiger charge is -2.13. The smallest absolute Gasteiger partial charge is 0.251 e. The van der Waals surface area contributed by atoms with Crippen LogP contribution in [0.4, 0.5) is 8.78 Å². The second-order valence-corrected chi connectivity index (χ2v) is 6.37. The summed E-state index contributed by atoms with van der Waals surface area (Å²) in [6, 6.07) is 9.73. The quantitative estimate of drug-likeness (QED) is 0.779. The van der Waals surface area contributed by atoms with E-state index in [-0.39, 0.29) is 24.1 Å². The van der Waals surface area contributed by atoms with Crippen LogP contribution in [0.2, 0.25) is 0 Å². The van der Waals surface area contributed by atoms with Crippen LogP contribution >= 0.6 is 0 Å². The van der Waals surface area contributed by atoms with Gasteiger partial charge in [-0.15, -0.1) is 0 Å². The SMILES string of the molecule is O=C(NCC(O)c1ccc(F)c(F)c1)c1ccc(OCC2CCCO2)cc1. The first-order chi connectivity index (χ1) is 13.0. The zero-order valence-electron chi connectivity index (χ0n) is 14.7. The Labute approximate surface area is 155 Å². The number of nitrogens with one attached hydrogen (secondary N) is 1. The van der Waals surface area contributed by atoms with Crippen molar-refractivity contribution in [1.29, 1.82) is 0 Å². The Morgan fingerprint density at radius 1 is 1.22 bits per heavy atom. The molecule has 1 amide bonds. The van der Waals surface area contributed by atoms with Crippen LogP contribution in [0.15, 0.2) is 42.5 Å². The van der Waals surface area contributed by atoms with Crippen LogP contribution < -0.4 is 10.1 Å². The predicted octanol–water partition coefficient (Wildman–Crippen LogP) is 2.99. The van der Waals surface area contributed by atoms with E-state index in [1.165, 1.54) is 6.07 Å². The molecule has 1 saturated heterocycles. The van der Waals surface area contributed by atoms with E-state index in [4.69, 9.17) is 9.47 Å². The van der Waals surface area contributed by atoms with Gasteiger partial charge in [-0.3, -0.25) is 4.79 Å². The van der Waals surface area contributed by atoms with Gasteiger partial charge >= 0.3 is 0 Å². The highest BCUT2D eigenvalue weighted by molar-refractivity contribution is 5.94. The van der Waals surface area contributed by atoms with Crippen molar-refractivity contribution in [1.82, 2.24) is 5.32 Å². The number of halogens is 2. The summed E-state index contributed by atoms with van der Waals surface area (Å²) in [6.45, 7) is 1.12. The molecule has 0 saturated carbocycles. The number of carbonyl (C=O) groups is 1. The average Bonchev–Trinajstić information content (AvgIpc) is 3.20. The van der Waals surface area contributed by atoms with Gasteiger partial charge in [-0.05, 0) is 54.8 Å². The molecule has 1 fully saturated rings. The standard InChI is InChI=1S/C20H21F2NO4/c21-17-8-5-14(10-18(17)22)19(24)11-23-20(25)13-3-6-15(7-4-13)27-12-16-2-1-9-26-16/h3-8,10,16,19,24H,1-2,9,11-12H2,(H,23,25). The van der Waals surface area contributed by atoms with E-state index in [1.807, 2.05) is 0 Å². The van der Waals surface area contributed by atoms with Crippen LogP contribution in [0.25, 0.3) is 0 Å². The van der Waals surface area contributed by atoms with Crippen LogP contribution in [0, 0.1) is 11.6 Å². The van der Waals surface area contributed by atoms with Crippen molar-refractivity contribution in [2.45, 2.75) is 25.0 Å². The van der Waals surface area contributed by atoms with Crippen molar-refractivity contribution in [2.24, 2.45) is 0 Å². The minimum absolute atomic E-state index is 0.116. The van der Waals surface area contributed by atoms with Gasteiger partial charge in [-0.25, -0.2) is 8.78 Å². The first-order valence-corrected chi connectivity index (χ1v) is 8.78. The summed E-state index contributed by atoms with van der Waals surface area (Å²) in [5, 5.41) is 12.6. The zero-order chi connectivity index (χ0) is 19.2. The van der Waals surface area contributed by atoms with Gasteiger partial charge in [-0.1, -0.05) is 6.07 Å². The fraction of sp³-hybridized carbons (Fsp3) is 0.350. The molecule has 2 aromatic rings. The molecule has 2 atom stereocenters. The number of aliphatic hydroxyl groups excluding tert-OH is 1. The lowest BCUT2D eigenvalue weighted by Crippen LogP contribution is -2.28. The van der Waals surface area contributed by atoms with Crippen LogP contribution in [0.1, 0.15) is 34.9 Å². The Bertz CT molecular complexity index is 776. The first kappa shape index (κ1) is 19.3.